The zero-order valence-corrected chi connectivity index (χ0v) is 11.5. The zero-order chi connectivity index (χ0) is 13.0. The van der Waals surface area contributed by atoms with Crippen molar-refractivity contribution in [3.8, 4) is 5.75 Å². The van der Waals surface area contributed by atoms with Crippen LogP contribution < -0.4 is 4.74 Å². The van der Waals surface area contributed by atoms with E-state index in [1.54, 1.807) is 6.07 Å². The van der Waals surface area contributed by atoms with Gasteiger partial charge in [0.05, 0.1) is 14.6 Å². The van der Waals surface area contributed by atoms with Gasteiger partial charge in [-0.15, -0.1) is 0 Å². The predicted molar refractivity (Wildman–Crippen MR) is 76.6 cm³/mol. The number of nitro benzene ring substituents is 1. The molecular weight excluding hydrogens is 345 g/mol. The normalized spacial score (nSPS) is 10.1. The Balaban J connectivity index is 2.14. The van der Waals surface area contributed by atoms with E-state index in [9.17, 15) is 10.1 Å². The van der Waals surface area contributed by atoms with Gasteiger partial charge in [-0.1, -0.05) is 30.3 Å². The minimum Gasteiger partial charge on any atom is -0.488 e. The van der Waals surface area contributed by atoms with Crippen molar-refractivity contribution in [3.63, 3.8) is 0 Å². The smallest absolute Gasteiger partial charge is 0.273 e. The van der Waals surface area contributed by atoms with Gasteiger partial charge in [0.1, 0.15) is 12.4 Å². The van der Waals surface area contributed by atoms with Gasteiger partial charge in [-0.05, 0) is 34.2 Å². The second-order valence-electron chi connectivity index (χ2n) is 3.65. The highest BCUT2D eigenvalue weighted by molar-refractivity contribution is 14.1. The molecule has 0 fully saturated rings. The summed E-state index contributed by atoms with van der Waals surface area (Å²) in [4.78, 5) is 10.3. The quantitative estimate of drug-likeness (QED) is 0.477. The summed E-state index contributed by atoms with van der Waals surface area (Å²) in [6.07, 6.45) is 0. The summed E-state index contributed by atoms with van der Waals surface area (Å²) in [5.41, 5.74) is 1.07. The first-order valence-corrected chi connectivity index (χ1v) is 6.35. The first-order valence-electron chi connectivity index (χ1n) is 5.27. The van der Waals surface area contributed by atoms with E-state index in [0.717, 1.165) is 9.13 Å². The number of nitrogens with zero attached hydrogens (tertiary/aromatic N) is 1. The molecule has 2 rings (SSSR count). The summed E-state index contributed by atoms with van der Waals surface area (Å²) >= 11 is 2.10. The first kappa shape index (κ1) is 12.8. The van der Waals surface area contributed by atoms with Crippen LogP contribution in [0.2, 0.25) is 0 Å². The third-order valence-electron chi connectivity index (χ3n) is 2.36. The van der Waals surface area contributed by atoms with E-state index in [-0.39, 0.29) is 5.69 Å². The number of rotatable bonds is 4. The Hall–Kier alpha value is -1.63. The second-order valence-corrected chi connectivity index (χ2v) is 4.81. The van der Waals surface area contributed by atoms with Gasteiger partial charge in [-0.2, -0.15) is 0 Å². The van der Waals surface area contributed by atoms with Gasteiger partial charge < -0.3 is 4.74 Å². The molecule has 2 aromatic rings. The van der Waals surface area contributed by atoms with Crippen molar-refractivity contribution in [2.45, 2.75) is 6.61 Å². The average Bonchev–Trinajstić information content (AvgIpc) is 2.38. The summed E-state index contributed by atoms with van der Waals surface area (Å²) in [6, 6.07) is 14.3. The van der Waals surface area contributed by atoms with Gasteiger partial charge in [0.15, 0.2) is 0 Å². The molecule has 0 radical (unpaired) electrons. The average molecular weight is 355 g/mol. The molecule has 0 atom stereocenters. The van der Waals surface area contributed by atoms with Crippen molar-refractivity contribution in [2.75, 3.05) is 0 Å². The monoisotopic (exact) mass is 355 g/mol. The molecule has 0 aliphatic heterocycles. The number of non-ortho nitro benzene ring substituents is 1. The van der Waals surface area contributed by atoms with Gasteiger partial charge in [-0.25, -0.2) is 0 Å². The Labute approximate surface area is 118 Å². The van der Waals surface area contributed by atoms with Crippen LogP contribution in [0.3, 0.4) is 0 Å². The maximum absolute atomic E-state index is 10.7. The molecule has 2 aromatic carbocycles. The Morgan fingerprint density at radius 1 is 1.17 bits per heavy atom. The number of ether oxygens (including phenoxy) is 1. The highest BCUT2D eigenvalue weighted by atomic mass is 127. The zero-order valence-electron chi connectivity index (χ0n) is 9.38. The van der Waals surface area contributed by atoms with E-state index < -0.39 is 4.92 Å². The lowest BCUT2D eigenvalue weighted by molar-refractivity contribution is -0.385. The summed E-state index contributed by atoms with van der Waals surface area (Å²) in [5.74, 6) is 0.536. The Kier molecular flexibility index (Phi) is 4.14. The van der Waals surface area contributed by atoms with Crippen LogP contribution in [0.25, 0.3) is 0 Å². The maximum Gasteiger partial charge on any atom is 0.273 e. The van der Waals surface area contributed by atoms with Gasteiger partial charge >= 0.3 is 0 Å². The van der Waals surface area contributed by atoms with Crippen LogP contribution in [0.4, 0.5) is 5.69 Å². The third kappa shape index (κ3) is 3.19. The molecule has 0 heterocycles. The van der Waals surface area contributed by atoms with Crippen molar-refractivity contribution in [3.05, 3.63) is 67.8 Å². The highest BCUT2D eigenvalue weighted by Crippen LogP contribution is 2.26. The van der Waals surface area contributed by atoms with Crippen LogP contribution in [0.15, 0.2) is 48.5 Å². The van der Waals surface area contributed by atoms with Gasteiger partial charge in [0.25, 0.3) is 5.69 Å². The van der Waals surface area contributed by atoms with Crippen LogP contribution in [-0.2, 0) is 6.61 Å². The summed E-state index contributed by atoms with van der Waals surface area (Å²) < 4.78 is 6.46. The molecule has 0 aromatic heterocycles. The first-order chi connectivity index (χ1) is 8.66. The Morgan fingerprint density at radius 3 is 2.56 bits per heavy atom. The number of hydrogen-bond acceptors (Lipinski definition) is 3. The molecule has 0 amide bonds. The molecule has 0 saturated carbocycles. The SMILES string of the molecule is O=[N+]([O-])c1ccc(I)c(OCc2ccccc2)c1. The Bertz CT molecular complexity index is 557. The van der Waals surface area contributed by atoms with Crippen LogP contribution in [-0.4, -0.2) is 4.92 Å². The largest absolute Gasteiger partial charge is 0.488 e. The van der Waals surface area contributed by atoms with Gasteiger partial charge in [-0.3, -0.25) is 10.1 Å². The minimum atomic E-state index is -0.425. The maximum atomic E-state index is 10.7. The van der Waals surface area contributed by atoms with Crippen LogP contribution in [0.1, 0.15) is 5.56 Å². The van der Waals surface area contributed by atoms with Crippen LogP contribution >= 0.6 is 22.6 Å². The van der Waals surface area contributed by atoms with Crippen molar-refractivity contribution >= 4 is 28.3 Å². The fraction of sp³-hybridized carbons (Fsp3) is 0.0769. The summed E-state index contributed by atoms with van der Waals surface area (Å²) in [5, 5.41) is 10.7. The van der Waals surface area contributed by atoms with E-state index in [4.69, 9.17) is 4.74 Å². The van der Waals surface area contributed by atoms with Crippen LogP contribution in [0, 0.1) is 13.7 Å². The molecule has 0 bridgehead atoms. The topological polar surface area (TPSA) is 52.4 Å². The molecule has 0 saturated heterocycles. The second kappa shape index (κ2) is 5.81. The van der Waals surface area contributed by atoms with E-state index in [0.29, 0.717) is 12.4 Å². The van der Waals surface area contributed by atoms with Crippen molar-refractivity contribution in [2.24, 2.45) is 0 Å². The molecular formula is C13H10INO3. The highest BCUT2D eigenvalue weighted by Gasteiger charge is 2.10. The number of hydrogen-bond donors (Lipinski definition) is 0. The molecule has 0 unspecified atom stereocenters. The lowest BCUT2D eigenvalue weighted by atomic mass is 10.2. The van der Waals surface area contributed by atoms with Crippen LogP contribution in [0.5, 0.6) is 5.75 Å². The van der Waals surface area contributed by atoms with Gasteiger partial charge in [0, 0.05) is 6.07 Å². The Morgan fingerprint density at radius 2 is 1.89 bits per heavy atom. The number of nitro groups is 1. The van der Waals surface area contributed by atoms with Crippen molar-refractivity contribution in [1.29, 1.82) is 0 Å². The van der Waals surface area contributed by atoms with E-state index in [1.807, 2.05) is 30.3 Å². The molecule has 0 aliphatic rings. The lowest BCUT2D eigenvalue weighted by Crippen LogP contribution is -1.98. The minimum absolute atomic E-state index is 0.0403. The van der Waals surface area contributed by atoms with E-state index in [2.05, 4.69) is 22.6 Å². The molecule has 0 spiro atoms. The van der Waals surface area contributed by atoms with Gasteiger partial charge in [0.2, 0.25) is 0 Å². The standard InChI is InChI=1S/C13H10INO3/c14-12-7-6-11(15(16)17)8-13(12)18-9-10-4-2-1-3-5-10/h1-8H,9H2. The van der Waals surface area contributed by atoms with Crippen molar-refractivity contribution < 1.29 is 9.66 Å². The molecule has 0 aliphatic carbocycles. The molecule has 0 N–H and O–H groups in total. The van der Waals surface area contributed by atoms with E-state index in [1.165, 1.54) is 12.1 Å². The summed E-state index contributed by atoms with van der Waals surface area (Å²) in [6.45, 7) is 0.401. The molecule has 92 valence electrons. The fourth-order valence-electron chi connectivity index (χ4n) is 1.45. The summed E-state index contributed by atoms with van der Waals surface area (Å²) in [7, 11) is 0. The number of halogens is 1. The van der Waals surface area contributed by atoms with E-state index >= 15 is 0 Å². The molecule has 4 nitrogen and oxygen atoms in total. The van der Waals surface area contributed by atoms with Crippen molar-refractivity contribution in [1.82, 2.24) is 0 Å². The third-order valence-corrected chi connectivity index (χ3v) is 3.25. The molecule has 18 heavy (non-hydrogen) atoms. The predicted octanol–water partition coefficient (Wildman–Crippen LogP) is 3.78. The fourth-order valence-corrected chi connectivity index (χ4v) is 1.94. The lowest BCUT2D eigenvalue weighted by Gasteiger charge is -2.07. The number of benzene rings is 2. The molecule has 5 heteroatoms.